The number of Topliss-reactive ketones (excluding diaryl/α,β-unsaturated/α-hetero) is 2. The summed E-state index contributed by atoms with van der Waals surface area (Å²) in [5.74, 6) is -11.0. The lowest BCUT2D eigenvalue weighted by Crippen LogP contribution is -2.54. The van der Waals surface area contributed by atoms with Crippen molar-refractivity contribution in [3.63, 3.8) is 0 Å². The van der Waals surface area contributed by atoms with Gasteiger partial charge < -0.3 is 72.5 Å². The van der Waals surface area contributed by atoms with Crippen molar-refractivity contribution in [2.75, 3.05) is 98.2 Å². The van der Waals surface area contributed by atoms with Crippen LogP contribution in [-0.2, 0) is 68.9 Å². The molecule has 1 aromatic rings. The van der Waals surface area contributed by atoms with Crippen LogP contribution in [0, 0.1) is 5.41 Å². The summed E-state index contributed by atoms with van der Waals surface area (Å²) >= 11 is 3.41. The van der Waals surface area contributed by atoms with Gasteiger partial charge in [0, 0.05) is 121 Å². The minimum Gasteiger partial charge on any atom is -0.481 e. The Kier molecular flexibility index (Phi) is 38.4. The van der Waals surface area contributed by atoms with E-state index in [-0.39, 0.29) is 179 Å². The summed E-state index contributed by atoms with van der Waals surface area (Å²) in [4.78, 5) is 183. The molecule has 32 nitrogen and oxygen atoms in total. The number of hydrogen-bond acceptors (Lipinski definition) is 19. The molecule has 1 heterocycles. The number of nitrogens with one attached hydrogen (secondary N) is 6. The van der Waals surface area contributed by atoms with Crippen LogP contribution in [0.3, 0.4) is 0 Å². The average molecular weight is 1450 g/mol. The minimum absolute atomic E-state index is 0.0287. The number of urea groups is 1. The van der Waals surface area contributed by atoms with E-state index in [9.17, 15) is 97.8 Å². The number of amides is 6. The van der Waals surface area contributed by atoms with Crippen molar-refractivity contribution in [1.82, 2.24) is 56.4 Å². The maximum atomic E-state index is 14.1. The lowest BCUT2D eigenvalue weighted by molar-refractivity contribution is -0.143. The molecule has 13 N–H and O–H groups in total. The Hall–Kier alpha value is -8.14. The fourth-order valence-corrected chi connectivity index (χ4v) is 11.2. The second kappa shape index (κ2) is 44.7. The van der Waals surface area contributed by atoms with Gasteiger partial charge in [0.2, 0.25) is 23.6 Å². The summed E-state index contributed by atoms with van der Waals surface area (Å²) in [5.41, 5.74) is 1.14. The Bertz CT molecular complexity index is 2860. The maximum absolute atomic E-state index is 14.1. The van der Waals surface area contributed by atoms with Crippen molar-refractivity contribution in [1.29, 1.82) is 0 Å². The number of benzene rings is 1. The van der Waals surface area contributed by atoms with Crippen molar-refractivity contribution in [3.8, 4) is 0 Å². The van der Waals surface area contributed by atoms with E-state index in [0.717, 1.165) is 10.0 Å². The highest BCUT2D eigenvalue weighted by atomic mass is 79.9. The van der Waals surface area contributed by atoms with Crippen LogP contribution in [0.4, 0.5) is 4.79 Å². The number of allylic oxidation sites excluding steroid dienone is 2. The van der Waals surface area contributed by atoms with Gasteiger partial charge in [-0.3, -0.25) is 67.5 Å². The molecule has 3 rings (SSSR count). The van der Waals surface area contributed by atoms with Gasteiger partial charge in [-0.2, -0.15) is 0 Å². The van der Waals surface area contributed by atoms with Crippen molar-refractivity contribution < 1.29 is 103 Å². The van der Waals surface area contributed by atoms with Crippen LogP contribution >= 0.6 is 15.9 Å². The molecule has 0 radical (unpaired) electrons. The van der Waals surface area contributed by atoms with Crippen LogP contribution in [0.2, 0.25) is 0 Å². The third-order valence-corrected chi connectivity index (χ3v) is 17.6. The number of halogens is 1. The molecule has 1 aliphatic heterocycles. The molecule has 2 fully saturated rings. The fourth-order valence-electron chi connectivity index (χ4n) is 11.0. The molecule has 0 aromatic heterocycles. The third-order valence-electron chi connectivity index (χ3n) is 17.1. The zero-order chi connectivity index (χ0) is 72.9. The first-order valence-electron chi connectivity index (χ1n) is 33.2. The van der Waals surface area contributed by atoms with E-state index in [1.807, 2.05) is 24.3 Å². The van der Waals surface area contributed by atoms with Crippen LogP contribution < -0.4 is 31.9 Å². The Balaban J connectivity index is 1.57. The molecule has 548 valence electrons. The Morgan fingerprint density at radius 2 is 0.908 bits per heavy atom. The van der Waals surface area contributed by atoms with E-state index in [4.69, 9.17) is 5.11 Å². The SMILES string of the molecule is CC(NCCCC[C@H](NC(=O)CN1CCN(CC(=O)O)CCN(CC(=O)O)CCN(CC(=O)O)CC1)C(=O)N[C@@H](CCCCNC(=O)CCCCCCC(=O)N(CCCC[C@H](NC(=O)N[C@@H](CCC(=O)O)C(=O)O)C(=O)O)Cc1ccc(Br)cc1)C(=O)O)=C1CC(=O)C(C)(C)C(=O)C1. The lowest BCUT2D eigenvalue weighted by atomic mass is 9.73. The molecule has 0 spiro atoms. The first-order valence-corrected chi connectivity index (χ1v) is 34.0. The molecular formula is C65H100BrN11O21. The normalized spacial score (nSPS) is 16.3. The van der Waals surface area contributed by atoms with Gasteiger partial charge in [0.1, 0.15) is 35.7 Å². The Morgan fingerprint density at radius 1 is 0.480 bits per heavy atom. The van der Waals surface area contributed by atoms with E-state index < -0.39 is 102 Å². The number of ketones is 2. The first-order chi connectivity index (χ1) is 46.3. The molecule has 4 atom stereocenters. The molecule has 1 saturated carbocycles. The maximum Gasteiger partial charge on any atom is 0.326 e. The van der Waals surface area contributed by atoms with E-state index in [1.165, 1.54) is 0 Å². The van der Waals surface area contributed by atoms with Gasteiger partial charge in [-0.1, -0.05) is 40.9 Å². The molecule has 1 aliphatic carbocycles. The average Bonchev–Trinajstić information content (AvgIpc) is 0.805. The molecule has 0 unspecified atom stereocenters. The topological polar surface area (TPSA) is 469 Å². The Morgan fingerprint density at radius 3 is 1.38 bits per heavy atom. The highest BCUT2D eigenvalue weighted by molar-refractivity contribution is 9.10. The number of rotatable bonds is 44. The largest absolute Gasteiger partial charge is 0.481 e. The van der Waals surface area contributed by atoms with E-state index in [0.29, 0.717) is 69.2 Å². The summed E-state index contributed by atoms with van der Waals surface area (Å²) in [6.45, 7) is 5.81. The second-order valence-electron chi connectivity index (χ2n) is 25.3. The van der Waals surface area contributed by atoms with Gasteiger partial charge in [-0.05, 0) is 121 Å². The molecule has 1 aromatic carbocycles. The van der Waals surface area contributed by atoms with Crippen LogP contribution in [0.15, 0.2) is 40.0 Å². The monoisotopic (exact) mass is 1450 g/mol. The van der Waals surface area contributed by atoms with Gasteiger partial charge in [0.25, 0.3) is 0 Å². The number of hydrogen-bond donors (Lipinski definition) is 13. The summed E-state index contributed by atoms with van der Waals surface area (Å²) in [7, 11) is 0. The molecule has 6 amide bonds. The van der Waals surface area contributed by atoms with Crippen molar-refractivity contribution in [3.05, 3.63) is 45.6 Å². The summed E-state index contributed by atoms with van der Waals surface area (Å²) in [6.07, 6.45) is 4.05. The zero-order valence-corrected chi connectivity index (χ0v) is 57.9. The minimum atomic E-state index is -1.56. The van der Waals surface area contributed by atoms with Crippen LogP contribution in [-0.4, -0.2) is 266 Å². The lowest BCUT2D eigenvalue weighted by Gasteiger charge is -2.33. The van der Waals surface area contributed by atoms with Crippen molar-refractivity contribution >= 4 is 98.9 Å². The van der Waals surface area contributed by atoms with E-state index in [2.05, 4.69) is 47.8 Å². The molecule has 33 heteroatoms. The number of carboxylic acid groups (broad SMARTS) is 7. The van der Waals surface area contributed by atoms with Crippen molar-refractivity contribution in [2.24, 2.45) is 5.41 Å². The number of carbonyl (C=O) groups excluding carboxylic acids is 7. The van der Waals surface area contributed by atoms with Gasteiger partial charge in [0.15, 0.2) is 0 Å². The van der Waals surface area contributed by atoms with Gasteiger partial charge in [-0.15, -0.1) is 0 Å². The van der Waals surface area contributed by atoms with Crippen LogP contribution in [0.25, 0.3) is 0 Å². The summed E-state index contributed by atoms with van der Waals surface area (Å²) < 4.78 is 0.840. The van der Waals surface area contributed by atoms with E-state index >= 15 is 0 Å². The quantitative estimate of drug-likeness (QED) is 0.0329. The number of aliphatic carboxylic acids is 7. The summed E-state index contributed by atoms with van der Waals surface area (Å²) in [5, 5.41) is 82.9. The van der Waals surface area contributed by atoms with Crippen LogP contribution in [0.5, 0.6) is 0 Å². The van der Waals surface area contributed by atoms with Gasteiger partial charge >= 0.3 is 47.8 Å². The predicted molar refractivity (Wildman–Crippen MR) is 357 cm³/mol. The predicted octanol–water partition coefficient (Wildman–Crippen LogP) is 2.17. The van der Waals surface area contributed by atoms with Crippen molar-refractivity contribution in [2.45, 2.75) is 173 Å². The molecule has 98 heavy (non-hydrogen) atoms. The molecular weight excluding hydrogens is 1350 g/mol. The second-order valence-corrected chi connectivity index (χ2v) is 26.2. The highest BCUT2D eigenvalue weighted by Gasteiger charge is 2.40. The number of unbranched alkanes of at least 4 members (excludes halogenated alkanes) is 6. The van der Waals surface area contributed by atoms with Gasteiger partial charge in [0.05, 0.1) is 31.6 Å². The highest BCUT2D eigenvalue weighted by Crippen LogP contribution is 2.33. The molecule has 1 saturated heterocycles. The summed E-state index contributed by atoms with van der Waals surface area (Å²) in [6, 6.07) is 0.726. The smallest absolute Gasteiger partial charge is 0.326 e. The van der Waals surface area contributed by atoms with E-state index in [1.54, 1.807) is 45.3 Å². The Labute approximate surface area is 578 Å². The number of carboxylic acids is 7. The molecule has 0 bridgehead atoms. The van der Waals surface area contributed by atoms with Crippen LogP contribution in [0.1, 0.15) is 148 Å². The third kappa shape index (κ3) is 34.4. The fraction of sp³-hybridized carbons (Fsp3) is 0.662. The number of carbonyl (C=O) groups is 14. The molecule has 2 aliphatic rings. The standard InChI is InChI=1S/C65H100BrN11O21/c1-43(45-36-51(78)65(2,3)52(79)37-45)67-25-11-8-14-47(69-54(81)39-73-28-30-74(40-57(85)86)32-34-76(42-59(89)90)35-33-75(31-29-73)41-58(87)88)60(91)70-48(61(92)93)15-9-12-26-68-53(80)17-6-4-5-7-18-55(82)77(38-44-19-21-46(66)22-20-44)27-13-10-16-49(62(94)95)71-64(98)72-50(63(96)97)23-24-56(83)84/h19-22,47-50,67H,4-18,23-42H2,1-3H3,(H,68,80)(H,69,81)(H,70,91)(H,83,84)(H,85,86)(H,87,88)(H,89,90)(H,92,93)(H,94,95)(H,96,97)(H2,71,72,98)/t47-,48-,49-,50-/m0/s1. The number of nitrogens with zero attached hydrogens (tertiary/aromatic N) is 5. The zero-order valence-electron chi connectivity index (χ0n) is 56.3. The first kappa shape index (κ1) is 84.1. The van der Waals surface area contributed by atoms with Gasteiger partial charge in [-0.25, -0.2) is 19.2 Å².